The van der Waals surface area contributed by atoms with Gasteiger partial charge < -0.3 is 10.6 Å². The van der Waals surface area contributed by atoms with Crippen LogP contribution < -0.4 is 10.6 Å². The Labute approximate surface area is 146 Å². The number of rotatable bonds is 7. The van der Waals surface area contributed by atoms with Gasteiger partial charge in [-0.3, -0.25) is 14.5 Å². The fraction of sp³-hybridized carbons (Fsp3) is 0.471. The molecule has 1 aliphatic heterocycles. The van der Waals surface area contributed by atoms with Gasteiger partial charge in [-0.1, -0.05) is 17.7 Å². The number of nitrogens with one attached hydrogen (secondary N) is 2. The van der Waals surface area contributed by atoms with Crippen molar-refractivity contribution in [3.05, 3.63) is 29.8 Å². The van der Waals surface area contributed by atoms with Crippen LogP contribution >= 0.6 is 11.8 Å². The van der Waals surface area contributed by atoms with Crippen molar-refractivity contribution in [2.75, 3.05) is 18.8 Å². The molecule has 1 saturated heterocycles. The number of urea groups is 1. The van der Waals surface area contributed by atoms with Gasteiger partial charge in [0.15, 0.2) is 0 Å². The Balaban J connectivity index is 1.65. The zero-order chi connectivity index (χ0) is 17.7. The number of carbonyl (C=O) groups is 3. The minimum atomic E-state index is -0.842. The van der Waals surface area contributed by atoms with Crippen LogP contribution in [0.25, 0.3) is 0 Å². The van der Waals surface area contributed by atoms with Gasteiger partial charge in [0.25, 0.3) is 5.91 Å². The molecule has 7 heteroatoms. The van der Waals surface area contributed by atoms with Gasteiger partial charge in [-0.2, -0.15) is 0 Å². The van der Waals surface area contributed by atoms with E-state index in [1.807, 2.05) is 31.2 Å². The van der Waals surface area contributed by atoms with Crippen LogP contribution in [0.4, 0.5) is 4.79 Å². The lowest BCUT2D eigenvalue weighted by molar-refractivity contribution is -0.130. The molecule has 0 spiro atoms. The minimum absolute atomic E-state index is 0.0573. The van der Waals surface area contributed by atoms with E-state index >= 15 is 0 Å². The van der Waals surface area contributed by atoms with Crippen LogP contribution in [0.15, 0.2) is 29.2 Å². The van der Waals surface area contributed by atoms with Gasteiger partial charge in [0.05, 0.1) is 5.75 Å². The molecule has 1 aromatic rings. The van der Waals surface area contributed by atoms with E-state index in [0.717, 1.165) is 4.90 Å². The second-order valence-electron chi connectivity index (χ2n) is 6.32. The molecule has 0 aromatic heterocycles. The van der Waals surface area contributed by atoms with Crippen LogP contribution in [0.5, 0.6) is 0 Å². The summed E-state index contributed by atoms with van der Waals surface area (Å²) in [6, 6.07) is 7.64. The van der Waals surface area contributed by atoms with E-state index in [9.17, 15) is 14.4 Å². The number of carbonyl (C=O) groups excluding carboxylic acids is 3. The quantitative estimate of drug-likeness (QED) is 0.448. The Morgan fingerprint density at radius 3 is 2.50 bits per heavy atom. The van der Waals surface area contributed by atoms with Crippen LogP contribution in [0.3, 0.4) is 0 Å². The summed E-state index contributed by atoms with van der Waals surface area (Å²) >= 11 is 1.48. The SMILES string of the molecule is Cc1ccc(SCC(=O)NCCCN2C(=O)NC(C)(C)C2=O)cc1. The van der Waals surface area contributed by atoms with Gasteiger partial charge in [-0.25, -0.2) is 4.79 Å². The van der Waals surface area contributed by atoms with Crippen LogP contribution in [-0.4, -0.2) is 47.1 Å². The van der Waals surface area contributed by atoms with E-state index in [0.29, 0.717) is 25.3 Å². The summed E-state index contributed by atoms with van der Waals surface area (Å²) in [5.41, 5.74) is 0.345. The maximum atomic E-state index is 12.0. The predicted octanol–water partition coefficient (Wildman–Crippen LogP) is 1.92. The molecule has 2 rings (SSSR count). The average Bonchev–Trinajstić information content (AvgIpc) is 2.72. The molecule has 2 N–H and O–H groups in total. The molecule has 0 aliphatic carbocycles. The monoisotopic (exact) mass is 349 g/mol. The molecule has 24 heavy (non-hydrogen) atoms. The van der Waals surface area contributed by atoms with Crippen LogP contribution in [0.2, 0.25) is 0 Å². The number of thioether (sulfide) groups is 1. The molecule has 1 fully saturated rings. The first kappa shape index (κ1) is 18.3. The van der Waals surface area contributed by atoms with E-state index in [-0.39, 0.29) is 17.8 Å². The van der Waals surface area contributed by atoms with E-state index in [2.05, 4.69) is 10.6 Å². The third kappa shape index (κ3) is 4.74. The van der Waals surface area contributed by atoms with Crippen molar-refractivity contribution in [3.8, 4) is 0 Å². The molecule has 0 bridgehead atoms. The highest BCUT2D eigenvalue weighted by atomic mass is 32.2. The number of amides is 4. The summed E-state index contributed by atoms with van der Waals surface area (Å²) < 4.78 is 0. The Kier molecular flexibility index (Phi) is 5.88. The summed E-state index contributed by atoms with van der Waals surface area (Å²) in [6.07, 6.45) is 0.538. The molecule has 6 nitrogen and oxygen atoms in total. The van der Waals surface area contributed by atoms with Gasteiger partial charge in [-0.05, 0) is 39.3 Å². The lowest BCUT2D eigenvalue weighted by atomic mass is 10.1. The average molecular weight is 349 g/mol. The van der Waals surface area contributed by atoms with E-state index < -0.39 is 5.54 Å². The van der Waals surface area contributed by atoms with E-state index in [4.69, 9.17) is 0 Å². The highest BCUT2D eigenvalue weighted by Gasteiger charge is 2.43. The number of nitrogens with zero attached hydrogens (tertiary/aromatic N) is 1. The molecular formula is C17H23N3O3S. The van der Waals surface area contributed by atoms with Crippen molar-refractivity contribution in [1.82, 2.24) is 15.5 Å². The van der Waals surface area contributed by atoms with Gasteiger partial charge in [0.1, 0.15) is 5.54 Å². The number of hydrogen-bond acceptors (Lipinski definition) is 4. The Morgan fingerprint density at radius 2 is 1.92 bits per heavy atom. The summed E-state index contributed by atoms with van der Waals surface area (Å²) in [4.78, 5) is 37.8. The topological polar surface area (TPSA) is 78.5 Å². The molecule has 0 unspecified atom stereocenters. The fourth-order valence-corrected chi connectivity index (χ4v) is 3.05. The third-order valence-electron chi connectivity index (χ3n) is 3.72. The van der Waals surface area contributed by atoms with Crippen LogP contribution in [0.1, 0.15) is 25.8 Å². The Morgan fingerprint density at radius 1 is 1.25 bits per heavy atom. The second-order valence-corrected chi connectivity index (χ2v) is 7.37. The second kappa shape index (κ2) is 7.70. The fourth-order valence-electron chi connectivity index (χ4n) is 2.32. The smallest absolute Gasteiger partial charge is 0.325 e. The van der Waals surface area contributed by atoms with Crippen molar-refractivity contribution in [2.24, 2.45) is 0 Å². The lowest BCUT2D eigenvalue weighted by Crippen LogP contribution is -2.40. The minimum Gasteiger partial charge on any atom is -0.355 e. The van der Waals surface area contributed by atoms with E-state index in [1.165, 1.54) is 22.2 Å². The first-order valence-electron chi connectivity index (χ1n) is 7.90. The molecular weight excluding hydrogens is 326 g/mol. The summed E-state index contributed by atoms with van der Waals surface area (Å²) in [6.45, 7) is 6.12. The standard InChI is InChI=1S/C17H23N3O3S/c1-12-5-7-13(8-6-12)24-11-14(21)18-9-4-10-20-15(22)17(2,3)19-16(20)23/h5-8H,4,9-11H2,1-3H3,(H,18,21)(H,19,23). The Bertz CT molecular complexity index is 628. The van der Waals surface area contributed by atoms with Crippen molar-refractivity contribution in [1.29, 1.82) is 0 Å². The van der Waals surface area contributed by atoms with Crippen LogP contribution in [-0.2, 0) is 9.59 Å². The van der Waals surface area contributed by atoms with Crippen molar-refractivity contribution >= 4 is 29.6 Å². The molecule has 130 valence electrons. The lowest BCUT2D eigenvalue weighted by Gasteiger charge is -2.15. The molecule has 0 radical (unpaired) electrons. The number of aryl methyl sites for hydroxylation is 1. The summed E-state index contributed by atoms with van der Waals surface area (Å²) in [7, 11) is 0. The zero-order valence-corrected chi connectivity index (χ0v) is 15.0. The number of hydrogen-bond donors (Lipinski definition) is 2. The maximum Gasteiger partial charge on any atom is 0.325 e. The van der Waals surface area contributed by atoms with Gasteiger partial charge in [0.2, 0.25) is 5.91 Å². The van der Waals surface area contributed by atoms with Crippen LogP contribution in [0, 0.1) is 6.92 Å². The first-order chi connectivity index (χ1) is 11.3. The molecule has 4 amide bonds. The Hall–Kier alpha value is -2.02. The zero-order valence-electron chi connectivity index (χ0n) is 14.2. The number of benzene rings is 1. The largest absolute Gasteiger partial charge is 0.355 e. The summed E-state index contributed by atoms with van der Waals surface area (Å²) in [5.74, 6) is 0.0611. The molecule has 1 aliphatic rings. The van der Waals surface area contributed by atoms with Crippen molar-refractivity contribution < 1.29 is 14.4 Å². The highest BCUT2D eigenvalue weighted by Crippen LogP contribution is 2.18. The predicted molar refractivity (Wildman–Crippen MR) is 93.9 cm³/mol. The molecule has 1 heterocycles. The molecule has 0 saturated carbocycles. The maximum absolute atomic E-state index is 12.0. The van der Waals surface area contributed by atoms with Crippen molar-refractivity contribution in [3.63, 3.8) is 0 Å². The number of imide groups is 1. The third-order valence-corrected chi connectivity index (χ3v) is 4.73. The van der Waals surface area contributed by atoms with Gasteiger partial charge in [0, 0.05) is 18.0 Å². The van der Waals surface area contributed by atoms with E-state index in [1.54, 1.807) is 13.8 Å². The molecule has 1 aromatic carbocycles. The first-order valence-corrected chi connectivity index (χ1v) is 8.88. The van der Waals surface area contributed by atoms with Crippen molar-refractivity contribution in [2.45, 2.75) is 37.6 Å². The molecule has 0 atom stereocenters. The summed E-state index contributed by atoms with van der Waals surface area (Å²) in [5, 5.41) is 5.44. The normalized spacial score (nSPS) is 16.2. The van der Waals surface area contributed by atoms with Gasteiger partial charge >= 0.3 is 6.03 Å². The van der Waals surface area contributed by atoms with Gasteiger partial charge in [-0.15, -0.1) is 11.8 Å². The highest BCUT2D eigenvalue weighted by molar-refractivity contribution is 8.00.